The predicted molar refractivity (Wildman–Crippen MR) is 90.6 cm³/mol. The molecule has 0 atom stereocenters. The average molecular weight is 311 g/mol. The van der Waals surface area contributed by atoms with Crippen molar-refractivity contribution >= 4 is 23.1 Å². The quantitative estimate of drug-likeness (QED) is 0.611. The third-order valence-electron chi connectivity index (χ3n) is 3.12. The molecule has 4 heteroatoms. The molecule has 2 rings (SSSR count). The Hall–Kier alpha value is -2.57. The van der Waals surface area contributed by atoms with Crippen LogP contribution in [0.2, 0.25) is 0 Å². The standard InChI is InChI=1S/C18H15ClN2O/c1-4-17(21-14(3)6-5-11-20-21)10-9-15-12-16(18(19)22)8-7-13(15)2/h4-8,11-12H,3H2,1-2H3/b17-4-. The van der Waals surface area contributed by atoms with Crippen LogP contribution >= 0.6 is 11.6 Å². The van der Waals surface area contributed by atoms with E-state index in [1.54, 1.807) is 23.4 Å². The first-order chi connectivity index (χ1) is 10.5. The lowest BCUT2D eigenvalue weighted by Gasteiger charge is -2.20. The number of nitrogens with zero attached hydrogens (tertiary/aromatic N) is 2. The van der Waals surface area contributed by atoms with Gasteiger partial charge >= 0.3 is 0 Å². The van der Waals surface area contributed by atoms with Crippen LogP contribution in [0.5, 0.6) is 0 Å². The zero-order chi connectivity index (χ0) is 16.1. The van der Waals surface area contributed by atoms with E-state index in [2.05, 4.69) is 23.5 Å². The van der Waals surface area contributed by atoms with E-state index >= 15 is 0 Å². The smallest absolute Gasteiger partial charge is 0.252 e. The normalized spacial score (nSPS) is 13.9. The Morgan fingerprint density at radius 2 is 2.23 bits per heavy atom. The van der Waals surface area contributed by atoms with E-state index < -0.39 is 5.24 Å². The molecule has 1 aliphatic rings. The highest BCUT2D eigenvalue weighted by molar-refractivity contribution is 6.67. The molecule has 3 nitrogen and oxygen atoms in total. The Bertz CT molecular complexity index is 776. The molecule has 0 aromatic heterocycles. The van der Waals surface area contributed by atoms with Crippen molar-refractivity contribution in [2.24, 2.45) is 5.10 Å². The Labute approximate surface area is 135 Å². The number of halogens is 1. The van der Waals surface area contributed by atoms with Crippen molar-refractivity contribution in [3.63, 3.8) is 0 Å². The molecule has 0 saturated carbocycles. The molecule has 0 spiro atoms. The van der Waals surface area contributed by atoms with Gasteiger partial charge in [0.15, 0.2) is 0 Å². The maximum atomic E-state index is 11.3. The van der Waals surface area contributed by atoms with Gasteiger partial charge in [0, 0.05) is 17.3 Å². The van der Waals surface area contributed by atoms with E-state index in [-0.39, 0.29) is 0 Å². The van der Waals surface area contributed by atoms with Gasteiger partial charge in [0.2, 0.25) is 0 Å². The monoisotopic (exact) mass is 310 g/mol. The van der Waals surface area contributed by atoms with Crippen molar-refractivity contribution in [2.75, 3.05) is 0 Å². The number of rotatable bonds is 2. The number of hydrogen-bond acceptors (Lipinski definition) is 3. The maximum absolute atomic E-state index is 11.3. The molecular weight excluding hydrogens is 296 g/mol. The van der Waals surface area contributed by atoms with Gasteiger partial charge < -0.3 is 0 Å². The molecule has 0 bridgehead atoms. The second-order valence-electron chi connectivity index (χ2n) is 4.65. The summed E-state index contributed by atoms with van der Waals surface area (Å²) in [4.78, 5) is 11.3. The minimum atomic E-state index is -0.492. The Balaban J connectivity index is 2.34. The lowest BCUT2D eigenvalue weighted by Crippen LogP contribution is -2.15. The Morgan fingerprint density at radius 1 is 1.45 bits per heavy atom. The van der Waals surface area contributed by atoms with Gasteiger partial charge in [-0.2, -0.15) is 5.10 Å². The van der Waals surface area contributed by atoms with E-state index in [1.807, 2.05) is 38.1 Å². The van der Waals surface area contributed by atoms with Crippen molar-refractivity contribution in [2.45, 2.75) is 13.8 Å². The first kappa shape index (κ1) is 15.8. The molecule has 1 aromatic carbocycles. The van der Waals surface area contributed by atoms with E-state index in [1.165, 1.54) is 0 Å². The van der Waals surface area contributed by atoms with Crippen LogP contribution in [0.25, 0.3) is 0 Å². The molecule has 0 unspecified atom stereocenters. The molecule has 0 amide bonds. The molecule has 0 saturated heterocycles. The lowest BCUT2D eigenvalue weighted by molar-refractivity contribution is 0.108. The predicted octanol–water partition coefficient (Wildman–Crippen LogP) is 4.00. The summed E-state index contributed by atoms with van der Waals surface area (Å²) in [6.07, 6.45) is 7.22. The van der Waals surface area contributed by atoms with Crippen LogP contribution in [-0.2, 0) is 0 Å². The van der Waals surface area contributed by atoms with Gasteiger partial charge in [-0.1, -0.05) is 24.6 Å². The molecule has 0 fully saturated rings. The first-order valence-corrected chi connectivity index (χ1v) is 7.09. The molecule has 0 aliphatic carbocycles. The number of hydrogen-bond donors (Lipinski definition) is 0. The summed E-state index contributed by atoms with van der Waals surface area (Å²) in [5, 5.41) is 5.41. The topological polar surface area (TPSA) is 32.7 Å². The second-order valence-corrected chi connectivity index (χ2v) is 5.00. The molecule has 1 aromatic rings. The van der Waals surface area contributed by atoms with E-state index in [4.69, 9.17) is 11.6 Å². The molecule has 110 valence electrons. The van der Waals surface area contributed by atoms with E-state index in [0.29, 0.717) is 11.3 Å². The minimum Gasteiger partial charge on any atom is -0.276 e. The van der Waals surface area contributed by atoms with Gasteiger partial charge in [0.1, 0.15) is 5.70 Å². The number of carbonyl (C=O) groups excluding carboxylic acids is 1. The van der Waals surface area contributed by atoms with Gasteiger partial charge in [0.25, 0.3) is 5.24 Å². The summed E-state index contributed by atoms with van der Waals surface area (Å²) in [6, 6.07) is 5.21. The van der Waals surface area contributed by atoms with Crippen molar-refractivity contribution in [3.05, 3.63) is 71.1 Å². The van der Waals surface area contributed by atoms with Gasteiger partial charge in [-0.05, 0) is 61.2 Å². The van der Waals surface area contributed by atoms with Crippen LogP contribution in [0.4, 0.5) is 0 Å². The van der Waals surface area contributed by atoms with Gasteiger partial charge in [0.05, 0.1) is 5.70 Å². The number of allylic oxidation sites excluding steroid dienone is 4. The molecule has 0 radical (unpaired) electrons. The Morgan fingerprint density at radius 3 is 2.86 bits per heavy atom. The summed E-state index contributed by atoms with van der Waals surface area (Å²) in [5.74, 6) is 6.13. The van der Waals surface area contributed by atoms with Crippen LogP contribution in [0.1, 0.15) is 28.4 Å². The maximum Gasteiger partial charge on any atom is 0.252 e. The van der Waals surface area contributed by atoms with Crippen LogP contribution in [0.15, 0.2) is 59.5 Å². The number of benzene rings is 1. The number of carbonyl (C=O) groups is 1. The van der Waals surface area contributed by atoms with Crippen LogP contribution < -0.4 is 0 Å². The van der Waals surface area contributed by atoms with Crippen molar-refractivity contribution < 1.29 is 4.79 Å². The fraction of sp³-hybridized carbons (Fsp3) is 0.111. The fourth-order valence-electron chi connectivity index (χ4n) is 1.88. The van der Waals surface area contributed by atoms with Crippen molar-refractivity contribution in [1.29, 1.82) is 0 Å². The zero-order valence-electron chi connectivity index (χ0n) is 12.4. The highest BCUT2D eigenvalue weighted by atomic mass is 35.5. The highest BCUT2D eigenvalue weighted by Crippen LogP contribution is 2.16. The second kappa shape index (κ2) is 6.93. The summed E-state index contributed by atoms with van der Waals surface area (Å²) in [5.41, 5.74) is 3.62. The molecule has 1 aliphatic heterocycles. The van der Waals surface area contributed by atoms with Gasteiger partial charge in [-0.15, -0.1) is 0 Å². The average Bonchev–Trinajstić information content (AvgIpc) is 2.50. The van der Waals surface area contributed by atoms with E-state index in [0.717, 1.165) is 16.8 Å². The number of hydrazone groups is 1. The van der Waals surface area contributed by atoms with Crippen molar-refractivity contribution in [3.8, 4) is 11.8 Å². The van der Waals surface area contributed by atoms with Gasteiger partial charge in [-0.3, -0.25) is 4.79 Å². The van der Waals surface area contributed by atoms with E-state index in [9.17, 15) is 4.79 Å². The molecule has 1 heterocycles. The Kier molecular flexibility index (Phi) is 4.98. The molecular formula is C18H15ClN2O. The molecule has 0 N–H and O–H groups in total. The van der Waals surface area contributed by atoms with Gasteiger partial charge in [-0.25, -0.2) is 5.01 Å². The summed E-state index contributed by atoms with van der Waals surface area (Å²) in [6.45, 7) is 7.75. The SMILES string of the molecule is C=C1C=CC=NN1/C(C#Cc1cc(C(=O)Cl)ccc1C)=C\C. The minimum absolute atomic E-state index is 0.432. The first-order valence-electron chi connectivity index (χ1n) is 6.71. The number of aryl methyl sites for hydroxylation is 1. The largest absolute Gasteiger partial charge is 0.276 e. The highest BCUT2D eigenvalue weighted by Gasteiger charge is 2.09. The third-order valence-corrected chi connectivity index (χ3v) is 3.34. The third kappa shape index (κ3) is 3.55. The van der Waals surface area contributed by atoms with Crippen LogP contribution in [0, 0.1) is 18.8 Å². The zero-order valence-corrected chi connectivity index (χ0v) is 13.2. The summed E-state index contributed by atoms with van der Waals surface area (Å²) in [7, 11) is 0. The lowest BCUT2D eigenvalue weighted by atomic mass is 10.1. The fourth-order valence-corrected chi connectivity index (χ4v) is 2.00. The summed E-state index contributed by atoms with van der Waals surface area (Å²) >= 11 is 5.51. The van der Waals surface area contributed by atoms with Crippen LogP contribution in [-0.4, -0.2) is 16.5 Å². The molecule has 22 heavy (non-hydrogen) atoms. The van der Waals surface area contributed by atoms with Crippen LogP contribution in [0.3, 0.4) is 0 Å². The van der Waals surface area contributed by atoms with Crippen molar-refractivity contribution in [1.82, 2.24) is 5.01 Å². The summed E-state index contributed by atoms with van der Waals surface area (Å²) < 4.78 is 0.